The number of carbonyl (C=O) groups is 3. The molecule has 0 saturated heterocycles. The molecule has 3 aromatic carbocycles. The Morgan fingerprint density at radius 1 is 0.944 bits per heavy atom. The SMILES string of the molecule is COc1c(Cl)c(C(Cl)(Cl)Cl)cc2ccc3c(c12)C(=O)c1c(O)c2c(c(O)c1C3=O)C(C)(OC)OC2=O. The quantitative estimate of drug-likeness (QED) is 0.184. The molecule has 0 radical (unpaired) electrons. The maximum Gasteiger partial charge on any atom is 0.345 e. The summed E-state index contributed by atoms with van der Waals surface area (Å²) in [4.78, 5) is 40.1. The first-order valence-corrected chi connectivity index (χ1v) is 11.7. The Labute approximate surface area is 223 Å². The first-order valence-electron chi connectivity index (χ1n) is 10.2. The standard InChI is InChI=1S/C24H14Cl4O8/c1-23(35-3)15-14(22(33)36-23)19(31)13-12(20(15)32)17(29)8-5-4-7-6-9(24(26,27)28)16(25)21(34-2)10(7)11(8)18(13)30/h4-6,31-32H,1-3H3. The van der Waals surface area contributed by atoms with Gasteiger partial charge in [0, 0.05) is 36.1 Å². The molecule has 0 saturated carbocycles. The van der Waals surface area contributed by atoms with Gasteiger partial charge in [0.05, 0.1) is 28.8 Å². The van der Waals surface area contributed by atoms with Crippen LogP contribution in [0.25, 0.3) is 10.8 Å². The summed E-state index contributed by atoms with van der Waals surface area (Å²) >= 11 is 24.6. The molecule has 1 unspecified atom stereocenters. The fourth-order valence-electron chi connectivity index (χ4n) is 4.75. The van der Waals surface area contributed by atoms with Crippen LogP contribution in [0.3, 0.4) is 0 Å². The second-order valence-electron chi connectivity index (χ2n) is 8.25. The van der Waals surface area contributed by atoms with Crippen molar-refractivity contribution in [3.63, 3.8) is 0 Å². The van der Waals surface area contributed by atoms with Crippen LogP contribution in [0, 0.1) is 0 Å². The Balaban J connectivity index is 1.90. The third-order valence-corrected chi connectivity index (χ3v) is 7.40. The van der Waals surface area contributed by atoms with E-state index in [0.717, 1.165) is 0 Å². The van der Waals surface area contributed by atoms with Gasteiger partial charge in [-0.15, -0.1) is 0 Å². The van der Waals surface area contributed by atoms with E-state index in [0.29, 0.717) is 5.39 Å². The Hall–Kier alpha value is -2.75. The number of ketones is 2. The molecule has 1 aliphatic carbocycles. The average molecular weight is 572 g/mol. The lowest BCUT2D eigenvalue weighted by Gasteiger charge is -2.26. The second kappa shape index (κ2) is 7.87. The summed E-state index contributed by atoms with van der Waals surface area (Å²) in [7, 11) is 2.50. The third kappa shape index (κ3) is 3.09. The van der Waals surface area contributed by atoms with E-state index in [4.69, 9.17) is 60.6 Å². The smallest absolute Gasteiger partial charge is 0.345 e. The highest BCUT2D eigenvalue weighted by molar-refractivity contribution is 6.67. The van der Waals surface area contributed by atoms with Crippen LogP contribution in [-0.2, 0) is 19.1 Å². The number of hydrogen-bond donors (Lipinski definition) is 2. The minimum Gasteiger partial charge on any atom is -0.507 e. The maximum atomic E-state index is 13.9. The van der Waals surface area contributed by atoms with E-state index in [-0.39, 0.29) is 38.4 Å². The van der Waals surface area contributed by atoms with Crippen molar-refractivity contribution in [3.8, 4) is 17.2 Å². The number of carbonyl (C=O) groups excluding carboxylic acids is 3. The van der Waals surface area contributed by atoms with Crippen LogP contribution in [0.5, 0.6) is 17.2 Å². The minimum atomic E-state index is -1.93. The zero-order valence-electron chi connectivity index (χ0n) is 18.6. The Morgan fingerprint density at radius 2 is 1.58 bits per heavy atom. The number of fused-ring (bicyclic) bond motifs is 5. The fourth-order valence-corrected chi connectivity index (χ4v) is 5.71. The van der Waals surface area contributed by atoms with Crippen molar-refractivity contribution in [2.75, 3.05) is 14.2 Å². The van der Waals surface area contributed by atoms with Crippen molar-refractivity contribution in [1.29, 1.82) is 0 Å². The van der Waals surface area contributed by atoms with Crippen molar-refractivity contribution in [3.05, 3.63) is 62.2 Å². The number of phenols is 2. The lowest BCUT2D eigenvalue weighted by atomic mass is 9.78. The van der Waals surface area contributed by atoms with E-state index >= 15 is 0 Å². The number of esters is 1. The van der Waals surface area contributed by atoms with Gasteiger partial charge in [0.2, 0.25) is 9.58 Å². The highest BCUT2D eigenvalue weighted by Crippen LogP contribution is 2.54. The summed E-state index contributed by atoms with van der Waals surface area (Å²) in [6.45, 7) is 1.33. The Bertz CT molecular complexity index is 1570. The van der Waals surface area contributed by atoms with Crippen LogP contribution in [0.2, 0.25) is 5.02 Å². The van der Waals surface area contributed by atoms with E-state index in [1.165, 1.54) is 39.3 Å². The fraction of sp³-hybridized carbons (Fsp3) is 0.208. The van der Waals surface area contributed by atoms with Crippen LogP contribution in [0.4, 0.5) is 0 Å². The van der Waals surface area contributed by atoms with Gasteiger partial charge in [-0.05, 0) is 17.5 Å². The molecule has 0 fully saturated rings. The minimum absolute atomic E-state index is 0.0480. The number of benzene rings is 3. The van der Waals surface area contributed by atoms with Crippen LogP contribution < -0.4 is 4.74 Å². The van der Waals surface area contributed by atoms with Crippen molar-refractivity contribution >= 4 is 74.7 Å². The molecule has 2 N–H and O–H groups in total. The van der Waals surface area contributed by atoms with Gasteiger partial charge in [-0.3, -0.25) is 9.59 Å². The molecule has 5 rings (SSSR count). The Kier molecular flexibility index (Phi) is 5.45. The van der Waals surface area contributed by atoms with Crippen LogP contribution >= 0.6 is 46.4 Å². The number of rotatable bonds is 2. The molecule has 0 bridgehead atoms. The van der Waals surface area contributed by atoms with E-state index in [2.05, 4.69) is 0 Å². The number of ether oxygens (including phenoxy) is 3. The summed E-state index contributed by atoms with van der Waals surface area (Å²) in [5, 5.41) is 22.5. The molecule has 0 aromatic heterocycles. The van der Waals surface area contributed by atoms with E-state index in [9.17, 15) is 24.6 Å². The molecule has 0 spiro atoms. The van der Waals surface area contributed by atoms with Gasteiger partial charge in [-0.2, -0.15) is 0 Å². The van der Waals surface area contributed by atoms with E-state index in [1.54, 1.807) is 0 Å². The highest BCUT2D eigenvalue weighted by Gasteiger charge is 2.51. The summed E-state index contributed by atoms with van der Waals surface area (Å²) in [6, 6.07) is 4.29. The number of cyclic esters (lactones) is 1. The molecule has 1 aliphatic heterocycles. The van der Waals surface area contributed by atoms with Crippen LogP contribution in [-0.4, -0.2) is 42.0 Å². The van der Waals surface area contributed by atoms with Crippen LogP contribution in [0.15, 0.2) is 18.2 Å². The van der Waals surface area contributed by atoms with E-state index < -0.39 is 55.3 Å². The normalized spacial score (nSPS) is 18.7. The highest BCUT2D eigenvalue weighted by atomic mass is 35.6. The molecule has 0 amide bonds. The van der Waals surface area contributed by atoms with Crippen molar-refractivity contribution in [2.24, 2.45) is 0 Å². The van der Waals surface area contributed by atoms with Gasteiger partial charge in [-0.1, -0.05) is 52.5 Å². The van der Waals surface area contributed by atoms with Gasteiger partial charge in [0.25, 0.3) is 0 Å². The molecule has 36 heavy (non-hydrogen) atoms. The van der Waals surface area contributed by atoms with Crippen LogP contribution in [0.1, 0.15) is 60.3 Å². The molecule has 3 aromatic rings. The Morgan fingerprint density at radius 3 is 2.17 bits per heavy atom. The van der Waals surface area contributed by atoms with Crippen molar-refractivity contribution in [1.82, 2.24) is 0 Å². The topological polar surface area (TPSA) is 119 Å². The van der Waals surface area contributed by atoms with Gasteiger partial charge < -0.3 is 24.4 Å². The van der Waals surface area contributed by atoms with E-state index in [1.807, 2.05) is 0 Å². The second-order valence-corrected chi connectivity index (χ2v) is 10.9. The summed E-state index contributed by atoms with van der Waals surface area (Å²) in [5.74, 6) is -6.08. The molecular formula is C24H14Cl4O8. The molecule has 12 heteroatoms. The monoisotopic (exact) mass is 570 g/mol. The number of methoxy groups -OCH3 is 2. The van der Waals surface area contributed by atoms with Crippen molar-refractivity contribution < 1.29 is 38.8 Å². The number of phenolic OH excluding ortho intramolecular Hbond substituents is 2. The maximum absolute atomic E-state index is 13.9. The zero-order valence-corrected chi connectivity index (χ0v) is 21.6. The predicted octanol–water partition coefficient (Wildman–Crippen LogP) is 5.50. The third-order valence-electron chi connectivity index (χ3n) is 6.42. The first kappa shape index (κ1) is 24.9. The molecule has 1 heterocycles. The number of halogens is 4. The number of aromatic hydroxyl groups is 2. The average Bonchev–Trinajstić information content (AvgIpc) is 3.09. The lowest BCUT2D eigenvalue weighted by Crippen LogP contribution is -2.26. The number of alkyl halides is 3. The lowest BCUT2D eigenvalue weighted by molar-refractivity contribution is -0.173. The van der Waals surface area contributed by atoms with Gasteiger partial charge in [0.1, 0.15) is 22.8 Å². The first-order chi connectivity index (χ1) is 16.8. The molecule has 2 aliphatic rings. The van der Waals surface area contributed by atoms with Gasteiger partial charge in [0.15, 0.2) is 11.6 Å². The summed E-state index contributed by atoms with van der Waals surface area (Å²) in [5.41, 5.74) is -2.00. The van der Waals surface area contributed by atoms with Crippen molar-refractivity contribution in [2.45, 2.75) is 16.5 Å². The summed E-state index contributed by atoms with van der Waals surface area (Å²) < 4.78 is 13.9. The zero-order chi connectivity index (χ0) is 26.5. The largest absolute Gasteiger partial charge is 0.507 e. The summed E-state index contributed by atoms with van der Waals surface area (Å²) in [6.07, 6.45) is 0. The molecular weight excluding hydrogens is 558 g/mol. The number of hydrogen-bond acceptors (Lipinski definition) is 8. The molecule has 186 valence electrons. The molecule has 8 nitrogen and oxygen atoms in total. The molecule has 1 atom stereocenters. The van der Waals surface area contributed by atoms with Gasteiger partial charge in [-0.25, -0.2) is 4.79 Å². The predicted molar refractivity (Wildman–Crippen MR) is 131 cm³/mol. The van der Waals surface area contributed by atoms with Gasteiger partial charge >= 0.3 is 5.97 Å².